The molecule has 4 amide bonds. The zero-order valence-corrected chi connectivity index (χ0v) is 11.3. The van der Waals surface area contributed by atoms with E-state index < -0.39 is 12.1 Å². The fourth-order valence-electron chi connectivity index (χ4n) is 2.06. The van der Waals surface area contributed by atoms with E-state index in [0.717, 1.165) is 11.1 Å². The standard InChI is InChI=1S/C15H16N4O2/c16-14(20)18-12-7-3-1-5-10(12)9-11-6-2-4-8-13(11)19-15(17)21/h1-8H,9H2,(H3,16,18,20)(H3,17,19,21). The second-order valence-corrected chi connectivity index (χ2v) is 4.47. The van der Waals surface area contributed by atoms with Gasteiger partial charge in [0.1, 0.15) is 0 Å². The zero-order chi connectivity index (χ0) is 15.2. The molecule has 6 N–H and O–H groups in total. The van der Waals surface area contributed by atoms with Gasteiger partial charge in [-0.25, -0.2) is 9.59 Å². The fourth-order valence-corrected chi connectivity index (χ4v) is 2.06. The van der Waals surface area contributed by atoms with Gasteiger partial charge in [0, 0.05) is 17.8 Å². The first kappa shape index (κ1) is 14.4. The van der Waals surface area contributed by atoms with Crippen LogP contribution in [0.1, 0.15) is 11.1 Å². The number of urea groups is 2. The molecule has 6 nitrogen and oxygen atoms in total. The van der Waals surface area contributed by atoms with Crippen molar-refractivity contribution < 1.29 is 9.59 Å². The molecule has 0 unspecified atom stereocenters. The SMILES string of the molecule is NC(=O)Nc1ccccc1Cc1ccccc1NC(N)=O. The van der Waals surface area contributed by atoms with E-state index in [0.29, 0.717) is 17.8 Å². The van der Waals surface area contributed by atoms with Crippen LogP contribution in [-0.2, 0) is 6.42 Å². The van der Waals surface area contributed by atoms with Crippen LogP contribution in [0.2, 0.25) is 0 Å². The van der Waals surface area contributed by atoms with Crippen molar-refractivity contribution in [2.45, 2.75) is 6.42 Å². The molecule has 2 aromatic carbocycles. The third-order valence-corrected chi connectivity index (χ3v) is 2.93. The van der Waals surface area contributed by atoms with E-state index in [2.05, 4.69) is 10.6 Å². The monoisotopic (exact) mass is 284 g/mol. The summed E-state index contributed by atoms with van der Waals surface area (Å²) in [6.07, 6.45) is 0.521. The summed E-state index contributed by atoms with van der Waals surface area (Å²) in [7, 11) is 0. The molecule has 0 saturated heterocycles. The van der Waals surface area contributed by atoms with Gasteiger partial charge >= 0.3 is 12.1 Å². The number of hydrogen-bond donors (Lipinski definition) is 4. The lowest BCUT2D eigenvalue weighted by molar-refractivity contribution is 0.258. The molecule has 0 atom stereocenters. The molecule has 0 heterocycles. The third-order valence-electron chi connectivity index (χ3n) is 2.93. The Morgan fingerprint density at radius 1 is 0.762 bits per heavy atom. The minimum atomic E-state index is -0.619. The number of benzene rings is 2. The van der Waals surface area contributed by atoms with Gasteiger partial charge < -0.3 is 22.1 Å². The Bertz CT molecular complexity index is 613. The van der Waals surface area contributed by atoms with Crippen molar-refractivity contribution in [3.05, 3.63) is 59.7 Å². The number of primary amides is 2. The molecule has 0 spiro atoms. The van der Waals surface area contributed by atoms with E-state index in [9.17, 15) is 9.59 Å². The van der Waals surface area contributed by atoms with Crippen molar-refractivity contribution in [1.29, 1.82) is 0 Å². The molecule has 0 bridgehead atoms. The van der Waals surface area contributed by atoms with Crippen LogP contribution in [0.3, 0.4) is 0 Å². The maximum atomic E-state index is 11.0. The molecule has 0 aliphatic carbocycles. The van der Waals surface area contributed by atoms with Crippen molar-refractivity contribution in [2.24, 2.45) is 11.5 Å². The van der Waals surface area contributed by atoms with E-state index in [1.165, 1.54) is 0 Å². The van der Waals surface area contributed by atoms with Gasteiger partial charge in [-0.3, -0.25) is 0 Å². The number of amides is 4. The Morgan fingerprint density at radius 2 is 1.14 bits per heavy atom. The van der Waals surface area contributed by atoms with Gasteiger partial charge in [-0.2, -0.15) is 0 Å². The summed E-state index contributed by atoms with van der Waals surface area (Å²) < 4.78 is 0. The first-order valence-electron chi connectivity index (χ1n) is 6.35. The van der Waals surface area contributed by atoms with E-state index in [1.807, 2.05) is 36.4 Å². The molecular weight excluding hydrogens is 268 g/mol. The number of carbonyl (C=O) groups excluding carboxylic acids is 2. The molecule has 0 fully saturated rings. The topological polar surface area (TPSA) is 110 Å². The molecule has 0 aliphatic heterocycles. The van der Waals surface area contributed by atoms with Crippen molar-refractivity contribution in [3.8, 4) is 0 Å². The van der Waals surface area contributed by atoms with Crippen LogP contribution in [0.5, 0.6) is 0 Å². The number of anilines is 2. The predicted octanol–water partition coefficient (Wildman–Crippen LogP) is 2.26. The Balaban J connectivity index is 2.30. The quantitative estimate of drug-likeness (QED) is 0.690. The second-order valence-electron chi connectivity index (χ2n) is 4.47. The summed E-state index contributed by atoms with van der Waals surface area (Å²) >= 11 is 0. The molecule has 0 radical (unpaired) electrons. The smallest absolute Gasteiger partial charge is 0.316 e. The number of rotatable bonds is 4. The van der Waals surface area contributed by atoms with Crippen molar-refractivity contribution in [1.82, 2.24) is 0 Å². The Hall–Kier alpha value is -3.02. The summed E-state index contributed by atoms with van der Waals surface area (Å²) in [6, 6.07) is 13.4. The first-order valence-corrected chi connectivity index (χ1v) is 6.35. The summed E-state index contributed by atoms with van der Waals surface area (Å²) in [5.74, 6) is 0. The lowest BCUT2D eigenvalue weighted by Gasteiger charge is -2.13. The van der Waals surface area contributed by atoms with Gasteiger partial charge in [-0.05, 0) is 23.3 Å². The van der Waals surface area contributed by atoms with Crippen molar-refractivity contribution >= 4 is 23.4 Å². The minimum Gasteiger partial charge on any atom is -0.351 e. The summed E-state index contributed by atoms with van der Waals surface area (Å²) in [4.78, 5) is 22.0. The van der Waals surface area contributed by atoms with Gasteiger partial charge in [0.2, 0.25) is 0 Å². The summed E-state index contributed by atoms with van der Waals surface area (Å²) in [6.45, 7) is 0. The molecule has 0 aliphatic rings. The highest BCUT2D eigenvalue weighted by molar-refractivity contribution is 5.90. The highest BCUT2D eigenvalue weighted by Gasteiger charge is 2.08. The number of nitrogens with one attached hydrogen (secondary N) is 2. The van der Waals surface area contributed by atoms with Gasteiger partial charge in [0.15, 0.2) is 0 Å². The average molecular weight is 284 g/mol. The molecule has 21 heavy (non-hydrogen) atoms. The largest absolute Gasteiger partial charge is 0.351 e. The van der Waals surface area contributed by atoms with E-state index in [1.54, 1.807) is 12.1 Å². The number of para-hydroxylation sites is 2. The zero-order valence-electron chi connectivity index (χ0n) is 11.3. The lowest BCUT2D eigenvalue weighted by Crippen LogP contribution is -2.21. The molecule has 2 aromatic rings. The first-order chi connectivity index (χ1) is 10.1. The van der Waals surface area contributed by atoms with Crippen LogP contribution in [0.25, 0.3) is 0 Å². The lowest BCUT2D eigenvalue weighted by atomic mass is 10.0. The molecule has 2 rings (SSSR count). The minimum absolute atomic E-state index is 0.521. The normalized spacial score (nSPS) is 9.90. The van der Waals surface area contributed by atoms with Crippen LogP contribution in [0.4, 0.5) is 21.0 Å². The Morgan fingerprint density at radius 3 is 1.52 bits per heavy atom. The third kappa shape index (κ3) is 3.97. The molecular formula is C15H16N4O2. The van der Waals surface area contributed by atoms with Crippen molar-refractivity contribution in [3.63, 3.8) is 0 Å². The van der Waals surface area contributed by atoms with Crippen LogP contribution >= 0.6 is 0 Å². The van der Waals surface area contributed by atoms with Gasteiger partial charge in [-0.1, -0.05) is 36.4 Å². The highest BCUT2D eigenvalue weighted by Crippen LogP contribution is 2.23. The Kier molecular flexibility index (Phi) is 4.40. The van der Waals surface area contributed by atoms with Crippen LogP contribution < -0.4 is 22.1 Å². The van der Waals surface area contributed by atoms with E-state index in [-0.39, 0.29) is 0 Å². The highest BCUT2D eigenvalue weighted by atomic mass is 16.2. The maximum Gasteiger partial charge on any atom is 0.316 e. The average Bonchev–Trinajstić information content (AvgIpc) is 2.42. The predicted molar refractivity (Wildman–Crippen MR) is 82.1 cm³/mol. The van der Waals surface area contributed by atoms with Gasteiger partial charge in [0.05, 0.1) is 0 Å². The Labute approximate surface area is 122 Å². The number of hydrogen-bond acceptors (Lipinski definition) is 2. The van der Waals surface area contributed by atoms with Crippen LogP contribution in [0, 0.1) is 0 Å². The molecule has 0 aromatic heterocycles. The van der Waals surface area contributed by atoms with Gasteiger partial charge in [-0.15, -0.1) is 0 Å². The summed E-state index contributed by atoms with van der Waals surface area (Å²) in [5.41, 5.74) is 13.4. The number of nitrogens with two attached hydrogens (primary N) is 2. The fraction of sp³-hybridized carbons (Fsp3) is 0.0667. The molecule has 0 saturated carbocycles. The van der Waals surface area contributed by atoms with E-state index in [4.69, 9.17) is 11.5 Å². The van der Waals surface area contributed by atoms with Crippen LogP contribution in [-0.4, -0.2) is 12.1 Å². The number of carbonyl (C=O) groups is 2. The molecule has 108 valence electrons. The summed E-state index contributed by atoms with van der Waals surface area (Å²) in [5, 5.41) is 5.16. The van der Waals surface area contributed by atoms with E-state index >= 15 is 0 Å². The van der Waals surface area contributed by atoms with Gasteiger partial charge in [0.25, 0.3) is 0 Å². The van der Waals surface area contributed by atoms with Crippen molar-refractivity contribution in [2.75, 3.05) is 10.6 Å². The van der Waals surface area contributed by atoms with Crippen LogP contribution in [0.15, 0.2) is 48.5 Å². The molecule has 6 heteroatoms. The second kappa shape index (κ2) is 6.42. The maximum absolute atomic E-state index is 11.0.